The SMILES string of the molecule is Cc1ccc(NC2CCC(C)CC2)c(C)c1O. The first kappa shape index (κ1) is 12.3. The van der Waals surface area contributed by atoms with Gasteiger partial charge in [0, 0.05) is 17.3 Å². The van der Waals surface area contributed by atoms with Crippen LogP contribution in [0.1, 0.15) is 43.7 Å². The molecule has 0 amide bonds. The predicted octanol–water partition coefficient (Wildman–Crippen LogP) is 4.00. The summed E-state index contributed by atoms with van der Waals surface area (Å²) in [5, 5.41) is 13.5. The fourth-order valence-corrected chi connectivity index (χ4v) is 2.62. The Balaban J connectivity index is 2.06. The number of phenolic OH excluding ortho intramolecular Hbond substituents is 1. The van der Waals surface area contributed by atoms with Gasteiger partial charge in [-0.2, -0.15) is 0 Å². The second kappa shape index (κ2) is 4.99. The van der Waals surface area contributed by atoms with E-state index in [0.717, 1.165) is 22.7 Å². The minimum Gasteiger partial charge on any atom is -0.507 e. The van der Waals surface area contributed by atoms with E-state index >= 15 is 0 Å². The van der Waals surface area contributed by atoms with Gasteiger partial charge in [0.2, 0.25) is 0 Å². The van der Waals surface area contributed by atoms with Crippen molar-refractivity contribution in [3.63, 3.8) is 0 Å². The van der Waals surface area contributed by atoms with Gasteiger partial charge in [-0.15, -0.1) is 0 Å². The van der Waals surface area contributed by atoms with E-state index in [1.807, 2.05) is 19.9 Å². The van der Waals surface area contributed by atoms with Crippen LogP contribution in [0.5, 0.6) is 5.75 Å². The summed E-state index contributed by atoms with van der Waals surface area (Å²) in [6.07, 6.45) is 5.12. The van der Waals surface area contributed by atoms with Crippen molar-refractivity contribution in [3.8, 4) is 5.75 Å². The summed E-state index contributed by atoms with van der Waals surface area (Å²) in [4.78, 5) is 0. The molecule has 94 valence electrons. The average molecular weight is 233 g/mol. The molecular weight excluding hydrogens is 210 g/mol. The molecule has 0 atom stereocenters. The van der Waals surface area contributed by atoms with Crippen LogP contribution in [-0.2, 0) is 0 Å². The highest BCUT2D eigenvalue weighted by Gasteiger charge is 2.18. The minimum absolute atomic E-state index is 0.430. The molecule has 0 radical (unpaired) electrons. The van der Waals surface area contributed by atoms with Gasteiger partial charge in [-0.25, -0.2) is 0 Å². The summed E-state index contributed by atoms with van der Waals surface area (Å²) in [5.41, 5.74) is 3.02. The second-order valence-corrected chi connectivity index (χ2v) is 5.50. The molecule has 2 N–H and O–H groups in total. The number of hydrogen-bond acceptors (Lipinski definition) is 2. The van der Waals surface area contributed by atoms with Gasteiger partial charge in [0.05, 0.1) is 0 Å². The molecule has 1 aromatic carbocycles. The van der Waals surface area contributed by atoms with Crippen LogP contribution >= 0.6 is 0 Å². The van der Waals surface area contributed by atoms with Crippen LogP contribution < -0.4 is 5.32 Å². The van der Waals surface area contributed by atoms with Crippen LogP contribution in [0.2, 0.25) is 0 Å². The topological polar surface area (TPSA) is 32.3 Å². The van der Waals surface area contributed by atoms with Crippen molar-refractivity contribution in [2.45, 2.75) is 52.5 Å². The number of anilines is 1. The van der Waals surface area contributed by atoms with Crippen molar-refractivity contribution < 1.29 is 5.11 Å². The molecule has 0 aliphatic heterocycles. The lowest BCUT2D eigenvalue weighted by molar-refractivity contribution is 0.361. The third-order valence-corrected chi connectivity index (χ3v) is 4.01. The van der Waals surface area contributed by atoms with Gasteiger partial charge in [-0.05, 0) is 57.1 Å². The molecule has 1 saturated carbocycles. The Hall–Kier alpha value is -1.18. The van der Waals surface area contributed by atoms with Gasteiger partial charge in [0.15, 0.2) is 0 Å². The normalized spacial score (nSPS) is 24.6. The Morgan fingerprint density at radius 1 is 1.12 bits per heavy atom. The molecule has 0 spiro atoms. The zero-order valence-corrected chi connectivity index (χ0v) is 11.1. The van der Waals surface area contributed by atoms with E-state index in [1.54, 1.807) is 0 Å². The average Bonchev–Trinajstić information content (AvgIpc) is 2.33. The fraction of sp³-hybridized carbons (Fsp3) is 0.600. The zero-order valence-electron chi connectivity index (χ0n) is 11.1. The number of aryl methyl sites for hydroxylation is 1. The molecule has 1 aromatic rings. The Bertz CT molecular complexity index is 392. The Morgan fingerprint density at radius 2 is 1.76 bits per heavy atom. The van der Waals surface area contributed by atoms with Gasteiger partial charge in [-0.1, -0.05) is 13.0 Å². The van der Waals surface area contributed by atoms with Crippen molar-refractivity contribution in [1.29, 1.82) is 0 Å². The molecule has 2 nitrogen and oxygen atoms in total. The maximum atomic E-state index is 9.92. The van der Waals surface area contributed by atoms with E-state index in [2.05, 4.69) is 18.3 Å². The third-order valence-electron chi connectivity index (χ3n) is 4.01. The van der Waals surface area contributed by atoms with Crippen molar-refractivity contribution in [2.24, 2.45) is 5.92 Å². The van der Waals surface area contributed by atoms with Crippen LogP contribution in [0.4, 0.5) is 5.69 Å². The molecule has 2 heteroatoms. The lowest BCUT2D eigenvalue weighted by Crippen LogP contribution is -2.25. The number of rotatable bonds is 2. The van der Waals surface area contributed by atoms with E-state index in [0.29, 0.717) is 11.8 Å². The smallest absolute Gasteiger partial charge is 0.123 e. The highest BCUT2D eigenvalue weighted by Crippen LogP contribution is 2.31. The fourth-order valence-electron chi connectivity index (χ4n) is 2.62. The van der Waals surface area contributed by atoms with Gasteiger partial charge in [0.1, 0.15) is 5.75 Å². The number of phenols is 1. The molecule has 0 heterocycles. The second-order valence-electron chi connectivity index (χ2n) is 5.50. The summed E-state index contributed by atoms with van der Waals surface area (Å²) in [7, 11) is 0. The lowest BCUT2D eigenvalue weighted by atomic mass is 9.87. The number of nitrogens with one attached hydrogen (secondary N) is 1. The van der Waals surface area contributed by atoms with Crippen LogP contribution in [0.3, 0.4) is 0 Å². The lowest BCUT2D eigenvalue weighted by Gasteiger charge is -2.28. The van der Waals surface area contributed by atoms with Gasteiger partial charge < -0.3 is 10.4 Å². The highest BCUT2D eigenvalue weighted by molar-refractivity contribution is 5.59. The molecule has 17 heavy (non-hydrogen) atoms. The maximum Gasteiger partial charge on any atom is 0.123 e. The van der Waals surface area contributed by atoms with E-state index in [9.17, 15) is 5.11 Å². The van der Waals surface area contributed by atoms with Crippen LogP contribution in [0, 0.1) is 19.8 Å². The van der Waals surface area contributed by atoms with Crippen LogP contribution in [-0.4, -0.2) is 11.1 Å². The number of benzene rings is 1. The molecule has 0 saturated heterocycles. The van der Waals surface area contributed by atoms with Crippen molar-refractivity contribution in [1.82, 2.24) is 0 Å². The third kappa shape index (κ3) is 2.74. The monoisotopic (exact) mass is 233 g/mol. The molecule has 1 fully saturated rings. The molecule has 0 unspecified atom stereocenters. The molecule has 1 aliphatic carbocycles. The number of hydrogen-bond donors (Lipinski definition) is 2. The highest BCUT2D eigenvalue weighted by atomic mass is 16.3. The summed E-state index contributed by atoms with van der Waals surface area (Å²) >= 11 is 0. The van der Waals surface area contributed by atoms with Gasteiger partial charge in [-0.3, -0.25) is 0 Å². The van der Waals surface area contributed by atoms with Crippen molar-refractivity contribution >= 4 is 5.69 Å². The predicted molar refractivity (Wildman–Crippen MR) is 72.6 cm³/mol. The Kier molecular flexibility index (Phi) is 3.60. The first-order chi connectivity index (χ1) is 8.08. The maximum absolute atomic E-state index is 9.92. The van der Waals surface area contributed by atoms with Gasteiger partial charge >= 0.3 is 0 Å². The summed E-state index contributed by atoms with van der Waals surface area (Å²) in [5.74, 6) is 1.31. The Labute approximate surface area is 104 Å². The summed E-state index contributed by atoms with van der Waals surface area (Å²) < 4.78 is 0. The van der Waals surface area contributed by atoms with Crippen LogP contribution in [0.25, 0.3) is 0 Å². The van der Waals surface area contributed by atoms with Gasteiger partial charge in [0.25, 0.3) is 0 Å². The van der Waals surface area contributed by atoms with Crippen molar-refractivity contribution in [2.75, 3.05) is 5.32 Å². The first-order valence-electron chi connectivity index (χ1n) is 6.63. The summed E-state index contributed by atoms with van der Waals surface area (Å²) in [6.45, 7) is 6.25. The van der Waals surface area contributed by atoms with Crippen molar-refractivity contribution in [3.05, 3.63) is 23.3 Å². The van der Waals surface area contributed by atoms with Crippen LogP contribution in [0.15, 0.2) is 12.1 Å². The van der Waals surface area contributed by atoms with E-state index in [1.165, 1.54) is 25.7 Å². The molecule has 0 aromatic heterocycles. The largest absolute Gasteiger partial charge is 0.507 e. The van der Waals surface area contributed by atoms with E-state index in [-0.39, 0.29) is 0 Å². The first-order valence-corrected chi connectivity index (χ1v) is 6.63. The Morgan fingerprint density at radius 3 is 2.41 bits per heavy atom. The quantitative estimate of drug-likeness (QED) is 0.809. The standard InChI is InChI=1S/C15H23NO/c1-10-4-7-13(8-5-10)16-14-9-6-11(2)15(17)12(14)3/h6,9-10,13,16-17H,4-5,7-8H2,1-3H3. The molecule has 1 aliphatic rings. The van der Waals surface area contributed by atoms with E-state index in [4.69, 9.17) is 0 Å². The zero-order chi connectivity index (χ0) is 12.4. The molecular formula is C15H23NO. The number of aromatic hydroxyl groups is 1. The minimum atomic E-state index is 0.430. The molecule has 2 rings (SSSR count). The van der Waals surface area contributed by atoms with E-state index < -0.39 is 0 Å². The molecule has 0 bridgehead atoms. The summed E-state index contributed by atoms with van der Waals surface area (Å²) in [6, 6.07) is 4.64.